The van der Waals surface area contributed by atoms with Gasteiger partial charge >= 0.3 is 0 Å². The zero-order chi connectivity index (χ0) is 17.5. The number of aromatic nitrogens is 2. The molecule has 1 atom stereocenters. The highest BCUT2D eigenvalue weighted by Crippen LogP contribution is 2.30. The highest BCUT2D eigenvalue weighted by molar-refractivity contribution is 7.89. The van der Waals surface area contributed by atoms with Gasteiger partial charge in [0.2, 0.25) is 10.0 Å². The van der Waals surface area contributed by atoms with Gasteiger partial charge in [0, 0.05) is 25.2 Å². The third-order valence-corrected chi connectivity index (χ3v) is 6.66. The molecule has 6 nitrogen and oxygen atoms in total. The van der Waals surface area contributed by atoms with Crippen molar-refractivity contribution in [3.63, 3.8) is 0 Å². The summed E-state index contributed by atoms with van der Waals surface area (Å²) in [6, 6.07) is 6.20. The second-order valence-electron chi connectivity index (χ2n) is 6.14. The Morgan fingerprint density at radius 2 is 1.96 bits per heavy atom. The standard InChI is InChI=1S/C16H21FN4O2S/c1-11-16(12(2)19-18-11)24(22,23)21-9-8-20(3)15(10-21)13-6-4-5-7-14(13)17/h4-7,15H,8-10H2,1-3H3,(H,18,19). The summed E-state index contributed by atoms with van der Waals surface area (Å²) in [4.78, 5) is 2.21. The molecule has 1 aromatic carbocycles. The number of halogens is 1. The maximum Gasteiger partial charge on any atom is 0.246 e. The average Bonchev–Trinajstić information content (AvgIpc) is 2.88. The van der Waals surface area contributed by atoms with Gasteiger partial charge in [-0.05, 0) is 27.0 Å². The first kappa shape index (κ1) is 17.1. The van der Waals surface area contributed by atoms with Crippen LogP contribution in [0.1, 0.15) is 23.0 Å². The van der Waals surface area contributed by atoms with Crippen molar-refractivity contribution < 1.29 is 12.8 Å². The van der Waals surface area contributed by atoms with Crippen LogP contribution in [0.25, 0.3) is 0 Å². The van der Waals surface area contributed by atoms with Gasteiger partial charge < -0.3 is 0 Å². The van der Waals surface area contributed by atoms with Gasteiger partial charge in [0.15, 0.2) is 0 Å². The van der Waals surface area contributed by atoms with Gasteiger partial charge in [0.05, 0.1) is 17.4 Å². The fourth-order valence-electron chi connectivity index (χ4n) is 3.20. The molecular weight excluding hydrogens is 331 g/mol. The maximum absolute atomic E-state index is 14.2. The fourth-order valence-corrected chi connectivity index (χ4v) is 4.97. The minimum absolute atomic E-state index is 0.212. The highest BCUT2D eigenvalue weighted by Gasteiger charge is 2.36. The van der Waals surface area contributed by atoms with Crippen LogP contribution in [0.5, 0.6) is 0 Å². The van der Waals surface area contributed by atoms with Crippen molar-refractivity contribution in [2.45, 2.75) is 24.8 Å². The van der Waals surface area contributed by atoms with E-state index in [0.717, 1.165) is 0 Å². The third kappa shape index (κ3) is 2.85. The largest absolute Gasteiger partial charge is 0.297 e. The molecule has 1 aromatic heterocycles. The lowest BCUT2D eigenvalue weighted by Crippen LogP contribution is -2.49. The Kier molecular flexibility index (Phi) is 4.46. The zero-order valence-electron chi connectivity index (χ0n) is 14.0. The molecule has 0 saturated carbocycles. The van der Waals surface area contributed by atoms with E-state index in [-0.39, 0.29) is 23.3 Å². The molecule has 130 valence electrons. The van der Waals surface area contributed by atoms with Crippen LogP contribution in [0.3, 0.4) is 0 Å². The quantitative estimate of drug-likeness (QED) is 0.915. The maximum atomic E-state index is 14.2. The van der Waals surface area contributed by atoms with Crippen LogP contribution in [0.2, 0.25) is 0 Å². The average molecular weight is 352 g/mol. The predicted octanol–water partition coefficient (Wildman–Crippen LogP) is 1.84. The van der Waals surface area contributed by atoms with Crippen molar-refractivity contribution in [1.29, 1.82) is 0 Å². The van der Waals surface area contributed by atoms with Crippen molar-refractivity contribution >= 4 is 10.0 Å². The smallest absolute Gasteiger partial charge is 0.246 e. The molecule has 1 N–H and O–H groups in total. The van der Waals surface area contributed by atoms with E-state index in [2.05, 4.69) is 10.2 Å². The summed E-state index contributed by atoms with van der Waals surface area (Å²) in [5.41, 5.74) is 1.49. The lowest BCUT2D eigenvalue weighted by Gasteiger charge is -2.39. The minimum atomic E-state index is -3.67. The molecule has 0 bridgehead atoms. The number of aromatic amines is 1. The van der Waals surface area contributed by atoms with Gasteiger partial charge in [-0.3, -0.25) is 10.00 Å². The van der Waals surface area contributed by atoms with Gasteiger partial charge in [0.1, 0.15) is 10.7 Å². The van der Waals surface area contributed by atoms with Gasteiger partial charge in [-0.2, -0.15) is 9.40 Å². The van der Waals surface area contributed by atoms with Crippen LogP contribution in [-0.2, 0) is 10.0 Å². The van der Waals surface area contributed by atoms with Crippen molar-refractivity contribution in [2.75, 3.05) is 26.7 Å². The summed E-state index contributed by atoms with van der Waals surface area (Å²) in [5.74, 6) is -0.315. The Morgan fingerprint density at radius 3 is 2.58 bits per heavy atom. The molecule has 24 heavy (non-hydrogen) atoms. The molecule has 3 rings (SSSR count). The minimum Gasteiger partial charge on any atom is -0.297 e. The SMILES string of the molecule is Cc1n[nH]c(C)c1S(=O)(=O)N1CCN(C)C(c2ccccc2F)C1. The van der Waals surface area contributed by atoms with E-state index in [1.54, 1.807) is 32.0 Å². The molecule has 1 aliphatic rings. The van der Waals surface area contributed by atoms with Crippen LogP contribution < -0.4 is 0 Å². The molecule has 1 saturated heterocycles. The Morgan fingerprint density at radius 1 is 1.25 bits per heavy atom. The number of nitrogens with one attached hydrogen (secondary N) is 1. The van der Waals surface area contributed by atoms with Gasteiger partial charge in [-0.1, -0.05) is 18.2 Å². The monoisotopic (exact) mass is 352 g/mol. The van der Waals surface area contributed by atoms with E-state index in [1.165, 1.54) is 10.4 Å². The van der Waals surface area contributed by atoms with E-state index in [0.29, 0.717) is 30.0 Å². The predicted molar refractivity (Wildman–Crippen MR) is 88.6 cm³/mol. The first-order valence-electron chi connectivity index (χ1n) is 7.78. The van der Waals surface area contributed by atoms with E-state index < -0.39 is 10.0 Å². The van der Waals surface area contributed by atoms with E-state index in [4.69, 9.17) is 0 Å². The van der Waals surface area contributed by atoms with Crippen LogP contribution in [0.4, 0.5) is 4.39 Å². The number of sulfonamides is 1. The highest BCUT2D eigenvalue weighted by atomic mass is 32.2. The summed E-state index contributed by atoms with van der Waals surface area (Å²) in [7, 11) is -1.78. The van der Waals surface area contributed by atoms with Crippen molar-refractivity contribution in [3.05, 3.63) is 47.0 Å². The number of H-pyrrole nitrogens is 1. The second-order valence-corrected chi connectivity index (χ2v) is 8.02. The third-order valence-electron chi connectivity index (χ3n) is 4.53. The van der Waals surface area contributed by atoms with E-state index >= 15 is 0 Å². The van der Waals surface area contributed by atoms with Crippen LogP contribution in [-0.4, -0.2) is 54.5 Å². The summed E-state index contributed by atoms with van der Waals surface area (Å²) in [6.45, 7) is 4.48. The molecule has 0 amide bonds. The molecule has 8 heteroatoms. The normalized spacial score (nSPS) is 20.4. The number of piperazine rings is 1. The number of nitrogens with zero attached hydrogens (tertiary/aromatic N) is 3. The molecular formula is C16H21FN4O2S. The first-order valence-corrected chi connectivity index (χ1v) is 9.22. The van der Waals surface area contributed by atoms with E-state index in [9.17, 15) is 12.8 Å². The number of hydrogen-bond donors (Lipinski definition) is 1. The topological polar surface area (TPSA) is 69.3 Å². The Labute approximate surface area is 141 Å². The molecule has 1 aliphatic heterocycles. The number of rotatable bonds is 3. The summed E-state index contributed by atoms with van der Waals surface area (Å²) in [6.07, 6.45) is 0. The van der Waals surface area contributed by atoms with E-state index in [1.807, 2.05) is 11.9 Å². The molecule has 2 heterocycles. The molecule has 1 unspecified atom stereocenters. The molecule has 0 radical (unpaired) electrons. The Hall–Kier alpha value is -1.77. The van der Waals surface area contributed by atoms with Crippen LogP contribution in [0.15, 0.2) is 29.2 Å². The zero-order valence-corrected chi connectivity index (χ0v) is 14.8. The summed E-state index contributed by atoms with van der Waals surface area (Å²) < 4.78 is 41.6. The molecule has 0 aliphatic carbocycles. The van der Waals surface area contributed by atoms with Gasteiger partial charge in [-0.15, -0.1) is 0 Å². The summed E-state index contributed by atoms with van der Waals surface area (Å²) in [5, 5.41) is 6.70. The molecule has 2 aromatic rings. The lowest BCUT2D eigenvalue weighted by atomic mass is 10.0. The second kappa shape index (κ2) is 6.27. The number of likely N-dealkylation sites (N-methyl/N-ethyl adjacent to an activating group) is 1. The van der Waals surface area contributed by atoms with Crippen molar-refractivity contribution in [2.24, 2.45) is 0 Å². The lowest BCUT2D eigenvalue weighted by molar-refractivity contribution is 0.145. The Balaban J connectivity index is 1.95. The van der Waals surface area contributed by atoms with Gasteiger partial charge in [0.25, 0.3) is 0 Å². The van der Waals surface area contributed by atoms with Crippen molar-refractivity contribution in [3.8, 4) is 0 Å². The molecule has 1 fully saturated rings. The first-order chi connectivity index (χ1) is 11.3. The number of aryl methyl sites for hydroxylation is 2. The molecule has 0 spiro atoms. The number of hydrogen-bond acceptors (Lipinski definition) is 4. The summed E-state index contributed by atoms with van der Waals surface area (Å²) >= 11 is 0. The fraction of sp³-hybridized carbons (Fsp3) is 0.438. The number of benzene rings is 1. The van der Waals surface area contributed by atoms with Crippen molar-refractivity contribution in [1.82, 2.24) is 19.4 Å². The van der Waals surface area contributed by atoms with Gasteiger partial charge in [-0.25, -0.2) is 12.8 Å². The van der Waals surface area contributed by atoms with Crippen LogP contribution in [0, 0.1) is 19.7 Å². The Bertz CT molecular complexity index is 830. The van der Waals surface area contributed by atoms with Crippen LogP contribution >= 0.6 is 0 Å².